The van der Waals surface area contributed by atoms with Crippen LogP contribution in [0.5, 0.6) is 0 Å². The highest BCUT2D eigenvalue weighted by Gasteiger charge is 2.23. The summed E-state index contributed by atoms with van der Waals surface area (Å²) in [5.41, 5.74) is 18.6. The average molecular weight is 791 g/mol. The van der Waals surface area contributed by atoms with Gasteiger partial charge in [-0.25, -0.2) is 0 Å². The van der Waals surface area contributed by atoms with Crippen LogP contribution in [-0.2, 0) is 0 Å². The summed E-state index contributed by atoms with van der Waals surface area (Å²) in [4.78, 5) is 2.42. The fraction of sp³-hybridized carbons (Fsp3) is 0. The van der Waals surface area contributed by atoms with Crippen LogP contribution in [0.2, 0.25) is 0 Å². The fourth-order valence-electron chi connectivity index (χ4n) is 9.07. The Morgan fingerprint density at radius 1 is 0.258 bits per heavy atom. The Morgan fingerprint density at radius 3 is 1.24 bits per heavy atom. The van der Waals surface area contributed by atoms with Gasteiger partial charge in [-0.2, -0.15) is 0 Å². The zero-order chi connectivity index (χ0) is 41.2. The number of aromatic nitrogens is 1. The molecule has 0 radical (unpaired) electrons. The summed E-state index contributed by atoms with van der Waals surface area (Å²) >= 11 is 0. The first-order chi connectivity index (χ1) is 30.8. The van der Waals surface area contributed by atoms with E-state index in [-0.39, 0.29) is 0 Å². The normalized spacial score (nSPS) is 11.2. The lowest BCUT2D eigenvalue weighted by Crippen LogP contribution is -2.11. The average Bonchev–Trinajstić information content (AvgIpc) is 3.68. The number of para-hydroxylation sites is 3. The molecule has 1 aromatic heterocycles. The Bertz CT molecular complexity index is 3240. The predicted octanol–water partition coefficient (Wildman–Crippen LogP) is 16.6. The van der Waals surface area contributed by atoms with E-state index in [1.165, 1.54) is 66.4 Å². The van der Waals surface area contributed by atoms with Crippen molar-refractivity contribution < 1.29 is 0 Å². The predicted molar refractivity (Wildman–Crippen MR) is 263 cm³/mol. The zero-order valence-electron chi connectivity index (χ0n) is 34.1. The van der Waals surface area contributed by atoms with Gasteiger partial charge in [0.15, 0.2) is 0 Å². The summed E-state index contributed by atoms with van der Waals surface area (Å²) in [6.07, 6.45) is 0. The number of fused-ring (bicyclic) bond motifs is 3. The summed E-state index contributed by atoms with van der Waals surface area (Å²) in [7, 11) is 0. The second-order valence-corrected chi connectivity index (χ2v) is 15.7. The van der Waals surface area contributed by atoms with E-state index in [2.05, 4.69) is 264 Å². The molecule has 0 atom stereocenters. The van der Waals surface area contributed by atoms with Crippen LogP contribution in [0.4, 0.5) is 17.1 Å². The number of nitrogens with zero attached hydrogens (tertiary/aromatic N) is 2. The number of hydrogen-bond donors (Lipinski definition) is 0. The van der Waals surface area contributed by atoms with Crippen LogP contribution in [0.1, 0.15) is 0 Å². The van der Waals surface area contributed by atoms with Gasteiger partial charge in [0, 0.05) is 38.8 Å². The van der Waals surface area contributed by atoms with E-state index in [1.807, 2.05) is 0 Å². The molecule has 0 fully saturated rings. The molecule has 292 valence electrons. The lowest BCUT2D eigenvalue weighted by Gasteiger charge is -2.28. The summed E-state index contributed by atoms with van der Waals surface area (Å²) in [6, 6.07) is 92.1. The lowest BCUT2D eigenvalue weighted by atomic mass is 9.95. The Labute approximate surface area is 362 Å². The molecule has 10 aromatic carbocycles. The van der Waals surface area contributed by atoms with Crippen molar-refractivity contribution in [3.63, 3.8) is 0 Å². The Morgan fingerprint density at radius 2 is 0.661 bits per heavy atom. The molecule has 0 aliphatic heterocycles. The minimum atomic E-state index is 1.07. The molecule has 0 unspecified atom stereocenters. The van der Waals surface area contributed by atoms with E-state index in [0.29, 0.717) is 0 Å². The van der Waals surface area contributed by atoms with Gasteiger partial charge in [-0.3, -0.25) is 0 Å². The second kappa shape index (κ2) is 16.1. The quantitative estimate of drug-likeness (QED) is 0.141. The van der Waals surface area contributed by atoms with Gasteiger partial charge in [-0.1, -0.05) is 218 Å². The van der Waals surface area contributed by atoms with Crippen molar-refractivity contribution in [1.82, 2.24) is 4.57 Å². The minimum absolute atomic E-state index is 1.07. The molecule has 2 nitrogen and oxygen atoms in total. The molecule has 0 bridgehead atoms. The van der Waals surface area contributed by atoms with Crippen molar-refractivity contribution in [2.75, 3.05) is 4.90 Å². The Hall–Kier alpha value is -8.20. The third kappa shape index (κ3) is 6.74. The van der Waals surface area contributed by atoms with E-state index >= 15 is 0 Å². The van der Waals surface area contributed by atoms with Crippen molar-refractivity contribution >= 4 is 38.9 Å². The van der Waals surface area contributed by atoms with Crippen LogP contribution >= 0.6 is 0 Å². The third-order valence-electron chi connectivity index (χ3n) is 12.0. The van der Waals surface area contributed by atoms with Gasteiger partial charge in [-0.15, -0.1) is 0 Å². The van der Waals surface area contributed by atoms with Crippen LogP contribution in [0, 0.1) is 0 Å². The third-order valence-corrected chi connectivity index (χ3v) is 12.0. The summed E-state index contributed by atoms with van der Waals surface area (Å²) in [5, 5.41) is 2.42. The van der Waals surface area contributed by atoms with Gasteiger partial charge in [0.25, 0.3) is 0 Å². The van der Waals surface area contributed by atoms with E-state index < -0.39 is 0 Å². The van der Waals surface area contributed by atoms with Gasteiger partial charge >= 0.3 is 0 Å². The van der Waals surface area contributed by atoms with Crippen LogP contribution < -0.4 is 4.90 Å². The van der Waals surface area contributed by atoms with E-state index in [4.69, 9.17) is 0 Å². The second-order valence-electron chi connectivity index (χ2n) is 15.7. The van der Waals surface area contributed by atoms with Crippen molar-refractivity contribution in [2.24, 2.45) is 0 Å². The molecule has 0 spiro atoms. The van der Waals surface area contributed by atoms with Gasteiger partial charge < -0.3 is 9.47 Å². The molecule has 11 aromatic rings. The molecule has 11 rings (SSSR count). The van der Waals surface area contributed by atoms with Gasteiger partial charge in [0.2, 0.25) is 0 Å². The SMILES string of the molecule is c1ccc(-c2ccc(-c3ccc(N(c4ccc5c6ccccc6n(-c6c(-c7ccccc7)cccc6-c6ccccc6)c5c4)c4ccccc4-c4ccccc4)cc3)cc2)cc1. The van der Waals surface area contributed by atoms with Crippen LogP contribution in [0.15, 0.2) is 255 Å². The standard InChI is InChI=1S/C60H42N2/c1-5-18-43(19-6-1)44-32-34-45(35-33-44)46-36-38-50(39-37-46)61(57-30-15-13-26-52(57)47-20-7-2-8-21-47)51-40-41-56-55-27-14-16-31-58(55)62(59(56)42-51)60-53(48-22-9-3-10-23-48)28-17-29-54(60)49-24-11-4-12-25-49/h1-42H. The highest BCUT2D eigenvalue weighted by atomic mass is 15.1. The summed E-state index contributed by atoms with van der Waals surface area (Å²) in [5.74, 6) is 0. The van der Waals surface area contributed by atoms with Gasteiger partial charge in [0.05, 0.1) is 22.4 Å². The fourth-order valence-corrected chi connectivity index (χ4v) is 9.07. The molecule has 0 amide bonds. The highest BCUT2D eigenvalue weighted by Crippen LogP contribution is 2.46. The molecular weight excluding hydrogens is 749 g/mol. The van der Waals surface area contributed by atoms with Gasteiger partial charge in [-0.05, 0) is 75.3 Å². The number of rotatable bonds is 9. The molecular formula is C60H42N2. The molecule has 0 saturated carbocycles. The molecule has 0 aliphatic carbocycles. The van der Waals surface area contributed by atoms with Crippen molar-refractivity contribution in [3.05, 3.63) is 255 Å². The molecule has 1 heterocycles. The minimum Gasteiger partial charge on any atom is -0.310 e. The summed E-state index contributed by atoms with van der Waals surface area (Å²) in [6.45, 7) is 0. The van der Waals surface area contributed by atoms with Crippen LogP contribution in [0.25, 0.3) is 83.1 Å². The first-order valence-corrected chi connectivity index (χ1v) is 21.3. The maximum atomic E-state index is 2.50. The van der Waals surface area contributed by atoms with E-state index in [9.17, 15) is 0 Å². The van der Waals surface area contributed by atoms with E-state index in [1.54, 1.807) is 0 Å². The van der Waals surface area contributed by atoms with Crippen molar-refractivity contribution in [3.8, 4) is 61.3 Å². The number of benzene rings is 10. The molecule has 0 N–H and O–H groups in total. The monoisotopic (exact) mass is 790 g/mol. The topological polar surface area (TPSA) is 8.17 Å². The van der Waals surface area contributed by atoms with Gasteiger partial charge in [0.1, 0.15) is 0 Å². The molecule has 2 heteroatoms. The number of anilines is 3. The lowest BCUT2D eigenvalue weighted by molar-refractivity contribution is 1.18. The smallest absolute Gasteiger partial charge is 0.0618 e. The maximum Gasteiger partial charge on any atom is 0.0618 e. The Kier molecular flexibility index (Phi) is 9.57. The number of hydrogen-bond acceptors (Lipinski definition) is 1. The van der Waals surface area contributed by atoms with Crippen molar-refractivity contribution in [1.29, 1.82) is 0 Å². The molecule has 0 aliphatic rings. The molecule has 0 saturated heterocycles. The van der Waals surface area contributed by atoms with Crippen LogP contribution in [0.3, 0.4) is 0 Å². The molecule has 62 heavy (non-hydrogen) atoms. The Balaban J connectivity index is 1.13. The first kappa shape index (κ1) is 36.8. The largest absolute Gasteiger partial charge is 0.310 e. The highest BCUT2D eigenvalue weighted by molar-refractivity contribution is 6.12. The zero-order valence-corrected chi connectivity index (χ0v) is 34.1. The van der Waals surface area contributed by atoms with Crippen LogP contribution in [-0.4, -0.2) is 4.57 Å². The first-order valence-electron chi connectivity index (χ1n) is 21.3. The maximum absolute atomic E-state index is 2.50. The van der Waals surface area contributed by atoms with Crippen molar-refractivity contribution in [2.45, 2.75) is 0 Å². The van der Waals surface area contributed by atoms with E-state index in [0.717, 1.165) is 33.8 Å². The summed E-state index contributed by atoms with van der Waals surface area (Å²) < 4.78 is 2.50.